The van der Waals surface area contributed by atoms with Crippen molar-refractivity contribution in [1.82, 2.24) is 15.0 Å². The van der Waals surface area contributed by atoms with Crippen molar-refractivity contribution < 1.29 is 4.79 Å². The summed E-state index contributed by atoms with van der Waals surface area (Å²) in [6, 6.07) is 16.6. The Hall–Kier alpha value is -2.75. The molecule has 4 heteroatoms. The minimum absolute atomic E-state index is 0.373. The van der Waals surface area contributed by atoms with Gasteiger partial charge < -0.3 is 0 Å². The van der Waals surface area contributed by atoms with Gasteiger partial charge in [-0.15, -0.1) is 5.10 Å². The van der Waals surface area contributed by atoms with E-state index in [2.05, 4.69) is 48.4 Å². The van der Waals surface area contributed by atoms with Gasteiger partial charge in [0.25, 0.3) is 0 Å². The molecule has 4 nitrogen and oxygen atoms in total. The first-order valence-electron chi connectivity index (χ1n) is 8.13. The molecule has 0 N–H and O–H groups in total. The molecule has 0 spiro atoms. The highest BCUT2D eigenvalue weighted by Crippen LogP contribution is 2.23. The second-order valence-corrected chi connectivity index (χ2v) is 6.36. The number of aryl methyl sites for hydroxylation is 1. The number of aromatic nitrogens is 3. The van der Waals surface area contributed by atoms with Crippen LogP contribution < -0.4 is 0 Å². The van der Waals surface area contributed by atoms with Crippen LogP contribution in [0.1, 0.15) is 46.9 Å². The third-order valence-corrected chi connectivity index (χ3v) is 4.18. The summed E-state index contributed by atoms with van der Waals surface area (Å²) in [7, 11) is 0. The summed E-state index contributed by atoms with van der Waals surface area (Å²) in [5.41, 5.74) is 5.71. The molecule has 2 aromatic carbocycles. The standard InChI is InChI=1S/C20H21N3O/c1-14(2)17-10-6-16(7-11-17)12-23-20(19(13-24)21-22-23)18-8-4-15(3)5-9-18/h4-11,13-14H,12H2,1-3H3. The first kappa shape index (κ1) is 16.1. The van der Waals surface area contributed by atoms with Crippen LogP contribution in [-0.4, -0.2) is 21.3 Å². The molecule has 0 atom stereocenters. The number of benzene rings is 2. The molecule has 0 aliphatic carbocycles. The monoisotopic (exact) mass is 319 g/mol. The Balaban J connectivity index is 1.95. The zero-order valence-corrected chi connectivity index (χ0v) is 14.2. The Kier molecular flexibility index (Phi) is 4.56. The van der Waals surface area contributed by atoms with Crippen LogP contribution in [-0.2, 0) is 6.54 Å². The lowest BCUT2D eigenvalue weighted by molar-refractivity contribution is 0.111. The molecule has 24 heavy (non-hydrogen) atoms. The molecule has 3 aromatic rings. The minimum Gasteiger partial charge on any atom is -0.296 e. The summed E-state index contributed by atoms with van der Waals surface area (Å²) in [5, 5.41) is 8.19. The number of aldehydes is 1. The fourth-order valence-electron chi connectivity index (χ4n) is 2.71. The second-order valence-electron chi connectivity index (χ2n) is 6.36. The molecule has 0 radical (unpaired) electrons. The molecule has 0 aliphatic heterocycles. The van der Waals surface area contributed by atoms with Gasteiger partial charge in [0.15, 0.2) is 12.0 Å². The third kappa shape index (κ3) is 3.27. The van der Waals surface area contributed by atoms with Crippen molar-refractivity contribution in [1.29, 1.82) is 0 Å². The van der Waals surface area contributed by atoms with Crippen LogP contribution in [0.3, 0.4) is 0 Å². The maximum Gasteiger partial charge on any atom is 0.172 e. The maximum absolute atomic E-state index is 11.3. The number of hydrogen-bond donors (Lipinski definition) is 0. The van der Waals surface area contributed by atoms with E-state index in [4.69, 9.17) is 0 Å². The van der Waals surface area contributed by atoms with Gasteiger partial charge in [-0.3, -0.25) is 4.79 Å². The molecule has 0 amide bonds. The van der Waals surface area contributed by atoms with E-state index >= 15 is 0 Å². The summed E-state index contributed by atoms with van der Waals surface area (Å²) >= 11 is 0. The van der Waals surface area contributed by atoms with E-state index in [1.54, 1.807) is 4.68 Å². The van der Waals surface area contributed by atoms with E-state index < -0.39 is 0 Å². The van der Waals surface area contributed by atoms with Gasteiger partial charge in [-0.2, -0.15) is 0 Å². The first-order chi connectivity index (χ1) is 11.6. The summed E-state index contributed by atoms with van der Waals surface area (Å²) in [4.78, 5) is 11.3. The van der Waals surface area contributed by atoms with E-state index in [9.17, 15) is 4.79 Å². The Morgan fingerprint density at radius 1 is 1.04 bits per heavy atom. The predicted molar refractivity (Wildman–Crippen MR) is 95.2 cm³/mol. The lowest BCUT2D eigenvalue weighted by Gasteiger charge is -2.09. The van der Waals surface area contributed by atoms with Crippen LogP contribution in [0.25, 0.3) is 11.3 Å². The molecular formula is C20H21N3O. The highest BCUT2D eigenvalue weighted by atomic mass is 16.1. The van der Waals surface area contributed by atoms with Gasteiger partial charge in [0.2, 0.25) is 0 Å². The van der Waals surface area contributed by atoms with Crippen molar-refractivity contribution in [3.8, 4) is 11.3 Å². The third-order valence-electron chi connectivity index (χ3n) is 4.18. The Labute approximate surface area is 142 Å². The number of nitrogens with zero attached hydrogens (tertiary/aromatic N) is 3. The fourth-order valence-corrected chi connectivity index (χ4v) is 2.71. The maximum atomic E-state index is 11.3. The lowest BCUT2D eigenvalue weighted by Crippen LogP contribution is -2.05. The van der Waals surface area contributed by atoms with Gasteiger partial charge in [0, 0.05) is 5.56 Å². The molecule has 0 aliphatic rings. The lowest BCUT2D eigenvalue weighted by atomic mass is 10.0. The average Bonchev–Trinajstić information content (AvgIpc) is 2.99. The number of carbonyl (C=O) groups is 1. The fraction of sp³-hybridized carbons (Fsp3) is 0.250. The predicted octanol–water partition coefficient (Wildman–Crippen LogP) is 4.24. The van der Waals surface area contributed by atoms with E-state index in [1.165, 1.54) is 11.1 Å². The van der Waals surface area contributed by atoms with Crippen molar-refractivity contribution in [2.75, 3.05) is 0 Å². The van der Waals surface area contributed by atoms with Gasteiger partial charge in [-0.05, 0) is 24.0 Å². The molecule has 0 unspecified atom stereocenters. The van der Waals surface area contributed by atoms with Gasteiger partial charge in [-0.25, -0.2) is 4.68 Å². The zero-order chi connectivity index (χ0) is 17.1. The van der Waals surface area contributed by atoms with Crippen molar-refractivity contribution in [3.63, 3.8) is 0 Å². The van der Waals surface area contributed by atoms with Crippen LogP contribution >= 0.6 is 0 Å². The number of hydrogen-bond acceptors (Lipinski definition) is 3. The van der Waals surface area contributed by atoms with Gasteiger partial charge in [0.05, 0.1) is 12.2 Å². The second kappa shape index (κ2) is 6.79. The van der Waals surface area contributed by atoms with Gasteiger partial charge >= 0.3 is 0 Å². The van der Waals surface area contributed by atoms with E-state index in [0.29, 0.717) is 18.2 Å². The zero-order valence-electron chi connectivity index (χ0n) is 14.2. The quantitative estimate of drug-likeness (QED) is 0.661. The smallest absolute Gasteiger partial charge is 0.172 e. The van der Waals surface area contributed by atoms with Crippen LogP contribution in [0.5, 0.6) is 0 Å². The Morgan fingerprint density at radius 3 is 2.29 bits per heavy atom. The summed E-state index contributed by atoms with van der Waals surface area (Å²) in [6.07, 6.45) is 0.764. The topological polar surface area (TPSA) is 47.8 Å². The molecule has 0 saturated heterocycles. The molecule has 1 aromatic heterocycles. The van der Waals surface area contributed by atoms with Crippen LogP contribution in [0.2, 0.25) is 0 Å². The van der Waals surface area contributed by atoms with Gasteiger partial charge in [0.1, 0.15) is 0 Å². The largest absolute Gasteiger partial charge is 0.296 e. The Morgan fingerprint density at radius 2 is 1.71 bits per heavy atom. The molecule has 1 heterocycles. The van der Waals surface area contributed by atoms with E-state index in [-0.39, 0.29) is 0 Å². The van der Waals surface area contributed by atoms with Crippen LogP contribution in [0, 0.1) is 6.92 Å². The normalized spacial score (nSPS) is 11.0. The highest BCUT2D eigenvalue weighted by molar-refractivity contribution is 5.83. The Bertz CT molecular complexity index is 830. The minimum atomic E-state index is 0.373. The average molecular weight is 319 g/mol. The van der Waals surface area contributed by atoms with Crippen LogP contribution in [0.15, 0.2) is 48.5 Å². The molecule has 3 rings (SSSR count). The van der Waals surface area contributed by atoms with E-state index in [0.717, 1.165) is 23.1 Å². The summed E-state index contributed by atoms with van der Waals surface area (Å²) in [6.45, 7) is 6.98. The number of rotatable bonds is 5. The van der Waals surface area contributed by atoms with E-state index in [1.807, 2.05) is 31.2 Å². The van der Waals surface area contributed by atoms with Gasteiger partial charge in [-0.1, -0.05) is 73.2 Å². The molecule has 0 fully saturated rings. The summed E-state index contributed by atoms with van der Waals surface area (Å²) in [5.74, 6) is 0.509. The van der Waals surface area contributed by atoms with Crippen molar-refractivity contribution in [2.45, 2.75) is 33.2 Å². The van der Waals surface area contributed by atoms with Crippen molar-refractivity contribution in [3.05, 3.63) is 70.9 Å². The molecular weight excluding hydrogens is 298 g/mol. The van der Waals surface area contributed by atoms with Crippen molar-refractivity contribution >= 4 is 6.29 Å². The molecule has 0 saturated carbocycles. The van der Waals surface area contributed by atoms with Crippen LogP contribution in [0.4, 0.5) is 0 Å². The first-order valence-corrected chi connectivity index (χ1v) is 8.13. The van der Waals surface area contributed by atoms with Crippen molar-refractivity contribution in [2.24, 2.45) is 0 Å². The highest BCUT2D eigenvalue weighted by Gasteiger charge is 2.14. The summed E-state index contributed by atoms with van der Waals surface area (Å²) < 4.78 is 1.79. The molecule has 0 bridgehead atoms. The SMILES string of the molecule is Cc1ccc(-c2c(C=O)nnn2Cc2ccc(C(C)C)cc2)cc1. The number of carbonyl (C=O) groups excluding carboxylic acids is 1. The molecule has 122 valence electrons.